The molecule has 0 saturated carbocycles. The molecule has 0 atom stereocenters. The predicted molar refractivity (Wildman–Crippen MR) is 105 cm³/mol. The number of hydrogen-bond acceptors (Lipinski definition) is 3. The van der Waals surface area contributed by atoms with Crippen LogP contribution in [0.5, 0.6) is 0 Å². The Balaban J connectivity index is 1.98. The summed E-state index contributed by atoms with van der Waals surface area (Å²) in [6, 6.07) is 16.4. The SMILES string of the molecule is Cc1ccc(-c2csc(/C(C#N)=C\c3ccccc3Br)n2)cc1C. The second-order valence-corrected chi connectivity index (χ2v) is 7.24. The van der Waals surface area contributed by atoms with Crippen LogP contribution in [0.3, 0.4) is 0 Å². The van der Waals surface area contributed by atoms with E-state index in [0.717, 1.165) is 26.3 Å². The molecule has 0 aliphatic rings. The average Bonchev–Trinajstić information content (AvgIpc) is 3.06. The van der Waals surface area contributed by atoms with E-state index >= 15 is 0 Å². The summed E-state index contributed by atoms with van der Waals surface area (Å²) >= 11 is 5.01. The predicted octanol–water partition coefficient (Wildman–Crippen LogP) is 6.25. The van der Waals surface area contributed by atoms with Crippen molar-refractivity contribution in [3.8, 4) is 17.3 Å². The molecular formula is C20H15BrN2S. The molecule has 0 N–H and O–H groups in total. The van der Waals surface area contributed by atoms with Gasteiger partial charge in [0.1, 0.15) is 11.1 Å². The number of benzene rings is 2. The van der Waals surface area contributed by atoms with E-state index < -0.39 is 0 Å². The summed E-state index contributed by atoms with van der Waals surface area (Å²) in [6.45, 7) is 4.19. The lowest BCUT2D eigenvalue weighted by atomic mass is 10.1. The standard InChI is InChI=1S/C20H15BrN2S/c1-13-7-8-16(9-14(13)2)19-12-24-20(23-19)17(11-22)10-15-5-3-4-6-18(15)21/h3-10,12H,1-2H3/b17-10-. The lowest BCUT2D eigenvalue weighted by Crippen LogP contribution is -1.85. The fourth-order valence-electron chi connectivity index (χ4n) is 2.32. The van der Waals surface area contributed by atoms with Crippen molar-refractivity contribution in [2.45, 2.75) is 13.8 Å². The lowest BCUT2D eigenvalue weighted by Gasteiger charge is -2.02. The number of allylic oxidation sites excluding steroid dienone is 1. The first-order chi connectivity index (χ1) is 11.6. The highest BCUT2D eigenvalue weighted by Gasteiger charge is 2.10. The monoisotopic (exact) mass is 394 g/mol. The molecule has 0 fully saturated rings. The van der Waals surface area contributed by atoms with E-state index in [0.29, 0.717) is 5.57 Å². The largest absolute Gasteiger partial charge is 0.235 e. The molecule has 2 aromatic carbocycles. The molecule has 1 heterocycles. The molecule has 0 bridgehead atoms. The number of rotatable bonds is 3. The van der Waals surface area contributed by atoms with E-state index in [1.54, 1.807) is 0 Å². The summed E-state index contributed by atoms with van der Waals surface area (Å²) in [5, 5.41) is 12.3. The molecule has 0 aliphatic carbocycles. The summed E-state index contributed by atoms with van der Waals surface area (Å²) in [6.07, 6.45) is 1.87. The Kier molecular flexibility index (Phi) is 4.94. The molecule has 1 aromatic heterocycles. The van der Waals surface area contributed by atoms with Gasteiger partial charge < -0.3 is 0 Å². The topological polar surface area (TPSA) is 36.7 Å². The van der Waals surface area contributed by atoms with Crippen LogP contribution in [0.15, 0.2) is 52.3 Å². The van der Waals surface area contributed by atoms with Gasteiger partial charge in [-0.2, -0.15) is 5.26 Å². The highest BCUT2D eigenvalue weighted by Crippen LogP contribution is 2.29. The van der Waals surface area contributed by atoms with E-state index in [9.17, 15) is 5.26 Å². The van der Waals surface area contributed by atoms with Crippen LogP contribution >= 0.6 is 27.3 Å². The van der Waals surface area contributed by atoms with Crippen LogP contribution in [0.1, 0.15) is 21.7 Å². The minimum absolute atomic E-state index is 0.571. The Hall–Kier alpha value is -2.22. The summed E-state index contributed by atoms with van der Waals surface area (Å²) < 4.78 is 0.962. The van der Waals surface area contributed by atoms with Crippen LogP contribution < -0.4 is 0 Å². The first-order valence-corrected chi connectivity index (χ1v) is 9.15. The smallest absolute Gasteiger partial charge is 0.134 e. The van der Waals surface area contributed by atoms with Crippen LogP contribution in [0.2, 0.25) is 0 Å². The van der Waals surface area contributed by atoms with E-state index in [2.05, 4.69) is 59.0 Å². The van der Waals surface area contributed by atoms with E-state index in [1.165, 1.54) is 22.5 Å². The maximum atomic E-state index is 9.53. The van der Waals surface area contributed by atoms with Gasteiger partial charge in [-0.25, -0.2) is 4.98 Å². The van der Waals surface area contributed by atoms with Crippen molar-refractivity contribution >= 4 is 38.9 Å². The third kappa shape index (κ3) is 3.48. The summed E-state index contributed by atoms with van der Waals surface area (Å²) in [5.41, 5.74) is 6.04. The van der Waals surface area contributed by atoms with Gasteiger partial charge in [0, 0.05) is 15.4 Å². The Bertz CT molecular complexity index is 964. The van der Waals surface area contributed by atoms with Crippen molar-refractivity contribution < 1.29 is 0 Å². The summed E-state index contributed by atoms with van der Waals surface area (Å²) in [5.74, 6) is 0. The number of nitriles is 1. The van der Waals surface area contributed by atoms with Crippen LogP contribution in [-0.4, -0.2) is 4.98 Å². The van der Waals surface area contributed by atoms with E-state index in [-0.39, 0.29) is 0 Å². The van der Waals surface area contributed by atoms with Crippen LogP contribution in [0.4, 0.5) is 0 Å². The Labute approximate surface area is 154 Å². The molecule has 0 amide bonds. The molecule has 4 heteroatoms. The van der Waals surface area contributed by atoms with Gasteiger partial charge in [0.15, 0.2) is 0 Å². The second kappa shape index (κ2) is 7.12. The quantitative estimate of drug-likeness (QED) is 0.491. The molecule has 2 nitrogen and oxygen atoms in total. The Morgan fingerprint density at radius 3 is 2.67 bits per heavy atom. The second-order valence-electron chi connectivity index (χ2n) is 5.53. The Morgan fingerprint density at radius 1 is 1.17 bits per heavy atom. The van der Waals surface area contributed by atoms with Crippen molar-refractivity contribution in [2.75, 3.05) is 0 Å². The number of thiazole rings is 1. The fourth-order valence-corrected chi connectivity index (χ4v) is 3.51. The maximum Gasteiger partial charge on any atom is 0.134 e. The molecule has 0 unspecified atom stereocenters. The van der Waals surface area contributed by atoms with Crippen molar-refractivity contribution in [3.63, 3.8) is 0 Å². The molecule has 118 valence electrons. The van der Waals surface area contributed by atoms with Gasteiger partial charge in [0.25, 0.3) is 0 Å². The zero-order valence-electron chi connectivity index (χ0n) is 13.4. The number of halogens is 1. The van der Waals surface area contributed by atoms with Gasteiger partial charge in [-0.05, 0) is 48.7 Å². The number of hydrogen-bond donors (Lipinski definition) is 0. The molecule has 3 rings (SSSR count). The number of nitrogens with zero attached hydrogens (tertiary/aromatic N) is 2. The van der Waals surface area contributed by atoms with Crippen LogP contribution in [0.25, 0.3) is 22.9 Å². The minimum Gasteiger partial charge on any atom is -0.235 e. The zero-order chi connectivity index (χ0) is 17.1. The van der Waals surface area contributed by atoms with Gasteiger partial charge in [-0.3, -0.25) is 0 Å². The summed E-state index contributed by atoms with van der Waals surface area (Å²) in [4.78, 5) is 4.66. The van der Waals surface area contributed by atoms with Crippen molar-refractivity contribution in [2.24, 2.45) is 0 Å². The van der Waals surface area contributed by atoms with Gasteiger partial charge in [0.2, 0.25) is 0 Å². The maximum absolute atomic E-state index is 9.53. The van der Waals surface area contributed by atoms with Gasteiger partial charge in [-0.15, -0.1) is 11.3 Å². The lowest BCUT2D eigenvalue weighted by molar-refractivity contribution is 1.32. The highest BCUT2D eigenvalue weighted by atomic mass is 79.9. The Morgan fingerprint density at radius 2 is 1.96 bits per heavy atom. The number of aryl methyl sites for hydroxylation is 2. The third-order valence-electron chi connectivity index (χ3n) is 3.86. The van der Waals surface area contributed by atoms with Gasteiger partial charge in [0.05, 0.1) is 11.3 Å². The van der Waals surface area contributed by atoms with Gasteiger partial charge in [-0.1, -0.05) is 46.3 Å². The van der Waals surface area contributed by atoms with Crippen molar-refractivity contribution in [3.05, 3.63) is 74.0 Å². The van der Waals surface area contributed by atoms with Crippen molar-refractivity contribution in [1.82, 2.24) is 4.98 Å². The molecular weight excluding hydrogens is 380 g/mol. The third-order valence-corrected chi connectivity index (χ3v) is 5.46. The first kappa shape index (κ1) is 16.6. The molecule has 0 saturated heterocycles. The molecule has 0 spiro atoms. The van der Waals surface area contributed by atoms with Gasteiger partial charge >= 0.3 is 0 Å². The molecule has 0 aliphatic heterocycles. The molecule has 3 aromatic rings. The number of aromatic nitrogens is 1. The average molecular weight is 395 g/mol. The molecule has 0 radical (unpaired) electrons. The van der Waals surface area contributed by atoms with E-state index in [1.807, 2.05) is 35.7 Å². The minimum atomic E-state index is 0.571. The van der Waals surface area contributed by atoms with E-state index in [4.69, 9.17) is 0 Å². The zero-order valence-corrected chi connectivity index (χ0v) is 15.8. The summed E-state index contributed by atoms with van der Waals surface area (Å²) in [7, 11) is 0. The molecule has 24 heavy (non-hydrogen) atoms. The normalized spacial score (nSPS) is 11.3. The fraction of sp³-hybridized carbons (Fsp3) is 0.100. The first-order valence-electron chi connectivity index (χ1n) is 7.48. The highest BCUT2D eigenvalue weighted by molar-refractivity contribution is 9.10. The van der Waals surface area contributed by atoms with Crippen molar-refractivity contribution in [1.29, 1.82) is 5.26 Å². The van der Waals surface area contributed by atoms with Crippen LogP contribution in [0, 0.1) is 25.2 Å². The van der Waals surface area contributed by atoms with Crippen LogP contribution in [-0.2, 0) is 0 Å².